The van der Waals surface area contributed by atoms with Gasteiger partial charge in [0.25, 0.3) is 0 Å². The summed E-state index contributed by atoms with van der Waals surface area (Å²) < 4.78 is 5.77. The summed E-state index contributed by atoms with van der Waals surface area (Å²) in [6.07, 6.45) is 6.40. The third-order valence-electron chi connectivity index (χ3n) is 2.95. The lowest BCUT2D eigenvalue weighted by Crippen LogP contribution is -2.42. The van der Waals surface area contributed by atoms with E-state index in [1.165, 1.54) is 45.3 Å². The first-order valence-electron chi connectivity index (χ1n) is 6.26. The molecule has 2 aliphatic rings. The Bertz CT molecular complexity index is 137. The van der Waals surface area contributed by atoms with Gasteiger partial charge in [0.2, 0.25) is 0 Å². The molecule has 2 saturated heterocycles. The van der Waals surface area contributed by atoms with E-state index in [0.29, 0.717) is 12.2 Å². The zero-order valence-electron chi connectivity index (χ0n) is 9.96. The number of ether oxygens (including phenoxy) is 1. The van der Waals surface area contributed by atoms with Crippen molar-refractivity contribution in [1.82, 2.24) is 4.90 Å². The van der Waals surface area contributed by atoms with Crippen molar-refractivity contribution in [2.24, 2.45) is 0 Å². The molecule has 2 heterocycles. The molecule has 0 aromatic carbocycles. The van der Waals surface area contributed by atoms with Crippen molar-refractivity contribution in [3.05, 3.63) is 0 Å². The first-order valence-corrected chi connectivity index (χ1v) is 6.26. The average molecular weight is 199 g/mol. The smallest absolute Gasteiger partial charge is 0.0707 e. The molecule has 2 aliphatic heterocycles. The molecular formula is C12H25NO. The molecule has 0 aromatic heterocycles. The van der Waals surface area contributed by atoms with E-state index < -0.39 is 0 Å². The zero-order valence-corrected chi connectivity index (χ0v) is 9.96. The Morgan fingerprint density at radius 1 is 1.14 bits per heavy atom. The number of hydrogen-bond donors (Lipinski definition) is 0. The molecule has 84 valence electrons. The van der Waals surface area contributed by atoms with Crippen molar-refractivity contribution in [2.45, 2.75) is 58.7 Å². The molecule has 2 fully saturated rings. The fourth-order valence-corrected chi connectivity index (χ4v) is 2.26. The van der Waals surface area contributed by atoms with E-state index in [1.807, 2.05) is 13.8 Å². The zero-order chi connectivity index (χ0) is 10.4. The Balaban J connectivity index is 0.000000461. The third-order valence-corrected chi connectivity index (χ3v) is 2.95. The van der Waals surface area contributed by atoms with Crippen LogP contribution < -0.4 is 0 Å². The van der Waals surface area contributed by atoms with Crippen LogP contribution in [0.5, 0.6) is 0 Å². The highest BCUT2D eigenvalue weighted by Gasteiger charge is 2.32. The second kappa shape index (κ2) is 6.41. The fourth-order valence-electron chi connectivity index (χ4n) is 2.26. The van der Waals surface area contributed by atoms with E-state index in [4.69, 9.17) is 4.74 Å². The first kappa shape index (κ1) is 12.0. The molecule has 0 spiro atoms. The minimum absolute atomic E-state index is 0.570. The fraction of sp³-hybridized carbons (Fsp3) is 1.00. The highest BCUT2D eigenvalue weighted by atomic mass is 16.5. The number of hydrogen-bond acceptors (Lipinski definition) is 2. The van der Waals surface area contributed by atoms with Gasteiger partial charge in [-0.05, 0) is 25.8 Å². The van der Waals surface area contributed by atoms with Crippen molar-refractivity contribution >= 4 is 0 Å². The van der Waals surface area contributed by atoms with Gasteiger partial charge in [-0.2, -0.15) is 0 Å². The molecule has 0 saturated carbocycles. The van der Waals surface area contributed by atoms with E-state index in [9.17, 15) is 0 Å². The normalized spacial score (nSPS) is 31.1. The lowest BCUT2D eigenvalue weighted by Gasteiger charge is -2.31. The van der Waals surface area contributed by atoms with Crippen molar-refractivity contribution in [3.63, 3.8) is 0 Å². The van der Waals surface area contributed by atoms with Gasteiger partial charge in [-0.1, -0.05) is 27.2 Å². The lowest BCUT2D eigenvalue weighted by atomic mass is 10.2. The Morgan fingerprint density at radius 3 is 2.21 bits per heavy atom. The minimum atomic E-state index is 0.570. The van der Waals surface area contributed by atoms with Crippen molar-refractivity contribution in [3.8, 4) is 0 Å². The third kappa shape index (κ3) is 3.25. The molecule has 0 N–H and O–H groups in total. The summed E-state index contributed by atoms with van der Waals surface area (Å²) in [6.45, 7) is 9.93. The van der Waals surface area contributed by atoms with Gasteiger partial charge in [0.15, 0.2) is 0 Å². The molecule has 0 aliphatic carbocycles. The van der Waals surface area contributed by atoms with Gasteiger partial charge in [-0.3, -0.25) is 4.90 Å². The van der Waals surface area contributed by atoms with E-state index >= 15 is 0 Å². The molecule has 0 amide bonds. The van der Waals surface area contributed by atoms with Crippen LogP contribution in [-0.4, -0.2) is 36.7 Å². The van der Waals surface area contributed by atoms with Crippen molar-refractivity contribution in [1.29, 1.82) is 0 Å². The Hall–Kier alpha value is -0.0800. The van der Waals surface area contributed by atoms with Crippen LogP contribution in [0.2, 0.25) is 0 Å². The maximum absolute atomic E-state index is 5.77. The van der Waals surface area contributed by atoms with Crippen LogP contribution in [0.25, 0.3) is 0 Å². The Morgan fingerprint density at radius 2 is 1.71 bits per heavy atom. The molecule has 14 heavy (non-hydrogen) atoms. The Labute approximate surface area is 88.6 Å². The van der Waals surface area contributed by atoms with E-state index in [0.717, 1.165) is 0 Å². The summed E-state index contributed by atoms with van der Waals surface area (Å²) >= 11 is 0. The molecular weight excluding hydrogens is 174 g/mol. The number of likely N-dealkylation sites (tertiary alicyclic amines) is 1. The van der Waals surface area contributed by atoms with Gasteiger partial charge < -0.3 is 4.74 Å². The van der Waals surface area contributed by atoms with Crippen LogP contribution in [0.15, 0.2) is 0 Å². The van der Waals surface area contributed by atoms with Crippen LogP contribution in [0.1, 0.15) is 46.5 Å². The van der Waals surface area contributed by atoms with Gasteiger partial charge in [0.1, 0.15) is 0 Å². The summed E-state index contributed by atoms with van der Waals surface area (Å²) in [5, 5.41) is 0. The SMILES string of the molecule is CC.CCCCN1CC2CCC(C1)O2. The molecule has 2 bridgehead atoms. The molecule has 0 aromatic rings. The van der Waals surface area contributed by atoms with Crippen LogP contribution in [-0.2, 0) is 4.74 Å². The van der Waals surface area contributed by atoms with Crippen LogP contribution >= 0.6 is 0 Å². The van der Waals surface area contributed by atoms with Gasteiger partial charge in [-0.25, -0.2) is 0 Å². The molecule has 2 unspecified atom stereocenters. The summed E-state index contributed by atoms with van der Waals surface area (Å²) in [5.41, 5.74) is 0. The largest absolute Gasteiger partial charge is 0.372 e. The van der Waals surface area contributed by atoms with E-state index in [-0.39, 0.29) is 0 Å². The second-order valence-corrected chi connectivity index (χ2v) is 4.07. The van der Waals surface area contributed by atoms with E-state index in [2.05, 4.69) is 11.8 Å². The van der Waals surface area contributed by atoms with E-state index in [1.54, 1.807) is 0 Å². The Kier molecular flexibility index (Phi) is 5.49. The van der Waals surface area contributed by atoms with Gasteiger partial charge in [0, 0.05) is 13.1 Å². The predicted molar refractivity (Wildman–Crippen MR) is 60.6 cm³/mol. The van der Waals surface area contributed by atoms with Crippen LogP contribution in [0.3, 0.4) is 0 Å². The maximum Gasteiger partial charge on any atom is 0.0707 e. The molecule has 2 nitrogen and oxygen atoms in total. The number of morpholine rings is 1. The predicted octanol–water partition coefficient (Wildman–Crippen LogP) is 2.68. The van der Waals surface area contributed by atoms with Gasteiger partial charge in [-0.15, -0.1) is 0 Å². The van der Waals surface area contributed by atoms with Crippen molar-refractivity contribution in [2.75, 3.05) is 19.6 Å². The van der Waals surface area contributed by atoms with Gasteiger partial charge >= 0.3 is 0 Å². The monoisotopic (exact) mass is 199 g/mol. The number of unbranched alkanes of at least 4 members (excludes halogenated alkanes) is 1. The quantitative estimate of drug-likeness (QED) is 0.693. The average Bonchev–Trinajstić information content (AvgIpc) is 2.58. The molecule has 0 radical (unpaired) electrons. The van der Waals surface area contributed by atoms with Crippen LogP contribution in [0.4, 0.5) is 0 Å². The summed E-state index contributed by atoms with van der Waals surface area (Å²) in [6, 6.07) is 0. The van der Waals surface area contributed by atoms with Crippen molar-refractivity contribution < 1.29 is 4.74 Å². The summed E-state index contributed by atoms with van der Waals surface area (Å²) in [4.78, 5) is 2.58. The number of rotatable bonds is 3. The lowest BCUT2D eigenvalue weighted by molar-refractivity contribution is -0.0384. The summed E-state index contributed by atoms with van der Waals surface area (Å²) in [7, 11) is 0. The highest BCUT2D eigenvalue weighted by Crippen LogP contribution is 2.26. The number of nitrogens with zero attached hydrogens (tertiary/aromatic N) is 1. The minimum Gasteiger partial charge on any atom is -0.372 e. The topological polar surface area (TPSA) is 12.5 Å². The maximum atomic E-state index is 5.77. The molecule has 2 rings (SSSR count). The number of fused-ring (bicyclic) bond motifs is 2. The molecule has 2 heteroatoms. The van der Waals surface area contributed by atoms with Gasteiger partial charge in [0.05, 0.1) is 12.2 Å². The standard InChI is InChI=1S/C10H19NO.C2H6/c1-2-3-6-11-7-9-4-5-10(8-11)12-9;1-2/h9-10H,2-8H2,1H3;1-2H3. The highest BCUT2D eigenvalue weighted by molar-refractivity contribution is 4.84. The molecule has 2 atom stereocenters. The summed E-state index contributed by atoms with van der Waals surface area (Å²) in [5.74, 6) is 0. The van der Waals surface area contributed by atoms with Crippen LogP contribution in [0, 0.1) is 0 Å². The first-order chi connectivity index (χ1) is 6.88. The second-order valence-electron chi connectivity index (χ2n) is 4.07.